The molecular formula is C17H23NO2. The molecule has 1 heterocycles. The van der Waals surface area contributed by atoms with Gasteiger partial charge in [0.25, 0.3) is 0 Å². The Balaban J connectivity index is 2.15. The highest BCUT2D eigenvalue weighted by Gasteiger charge is 2.10. The molecule has 108 valence electrons. The molecule has 20 heavy (non-hydrogen) atoms. The van der Waals surface area contributed by atoms with E-state index in [9.17, 15) is 0 Å². The van der Waals surface area contributed by atoms with Crippen molar-refractivity contribution >= 4 is 0 Å². The summed E-state index contributed by atoms with van der Waals surface area (Å²) in [6, 6.07) is 8.30. The third kappa shape index (κ3) is 3.23. The second-order valence-electron chi connectivity index (χ2n) is 5.48. The summed E-state index contributed by atoms with van der Waals surface area (Å²) in [5.74, 6) is 3.06. The van der Waals surface area contributed by atoms with E-state index >= 15 is 0 Å². The normalized spacial score (nSPS) is 11.1. The summed E-state index contributed by atoms with van der Waals surface area (Å²) in [6.07, 6.45) is 0. The maximum Gasteiger partial charge on any atom is 0.146 e. The highest BCUT2D eigenvalue weighted by atomic mass is 16.5. The number of furan rings is 1. The molecule has 0 saturated heterocycles. The molecule has 0 spiro atoms. The molecule has 0 fully saturated rings. The number of hydrogen-bond donors (Lipinski definition) is 1. The van der Waals surface area contributed by atoms with E-state index in [1.807, 2.05) is 13.0 Å². The van der Waals surface area contributed by atoms with Gasteiger partial charge in [-0.15, -0.1) is 0 Å². The number of hydrogen-bond acceptors (Lipinski definition) is 3. The van der Waals surface area contributed by atoms with Crippen molar-refractivity contribution in [1.82, 2.24) is 0 Å². The second kappa shape index (κ2) is 6.14. The quantitative estimate of drug-likeness (QED) is 0.893. The molecule has 0 bridgehead atoms. The van der Waals surface area contributed by atoms with Crippen molar-refractivity contribution in [2.45, 2.75) is 46.8 Å². The van der Waals surface area contributed by atoms with Gasteiger partial charge in [0, 0.05) is 12.1 Å². The minimum absolute atomic E-state index is 0.434. The first kappa shape index (κ1) is 14.7. The molecule has 0 radical (unpaired) electrons. The minimum Gasteiger partial charge on any atom is -0.485 e. The third-order valence-electron chi connectivity index (χ3n) is 3.45. The predicted molar refractivity (Wildman–Crippen MR) is 80.9 cm³/mol. The van der Waals surface area contributed by atoms with Crippen LogP contribution in [-0.4, -0.2) is 0 Å². The summed E-state index contributed by atoms with van der Waals surface area (Å²) in [5, 5.41) is 0. The van der Waals surface area contributed by atoms with Gasteiger partial charge in [0.2, 0.25) is 0 Å². The largest absolute Gasteiger partial charge is 0.485 e. The molecule has 1 aromatic carbocycles. The van der Waals surface area contributed by atoms with Crippen LogP contribution in [0.25, 0.3) is 0 Å². The van der Waals surface area contributed by atoms with E-state index < -0.39 is 0 Å². The number of ether oxygens (including phenoxy) is 1. The van der Waals surface area contributed by atoms with Crippen molar-refractivity contribution in [2.24, 2.45) is 5.73 Å². The molecule has 2 N–H and O–H groups in total. The van der Waals surface area contributed by atoms with Gasteiger partial charge in [-0.3, -0.25) is 0 Å². The van der Waals surface area contributed by atoms with Crippen molar-refractivity contribution in [1.29, 1.82) is 0 Å². The van der Waals surface area contributed by atoms with Gasteiger partial charge in [-0.25, -0.2) is 0 Å². The Labute approximate surface area is 120 Å². The molecule has 0 atom stereocenters. The average molecular weight is 273 g/mol. The Morgan fingerprint density at radius 3 is 2.55 bits per heavy atom. The number of benzene rings is 1. The lowest BCUT2D eigenvalue weighted by molar-refractivity contribution is 0.264. The van der Waals surface area contributed by atoms with Gasteiger partial charge in [0.05, 0.1) is 0 Å². The number of nitrogens with two attached hydrogens (primary N) is 1. The Morgan fingerprint density at radius 2 is 1.95 bits per heavy atom. The molecule has 0 amide bonds. The fourth-order valence-corrected chi connectivity index (χ4v) is 2.25. The SMILES string of the molecule is Cc1ccc(C(C)C)c(OCc2cc(CN)c(C)o2)c1. The van der Waals surface area contributed by atoms with Gasteiger partial charge in [-0.1, -0.05) is 26.0 Å². The van der Waals surface area contributed by atoms with Crippen LogP contribution in [0, 0.1) is 13.8 Å². The van der Waals surface area contributed by atoms with Crippen LogP contribution in [0.2, 0.25) is 0 Å². The first-order valence-electron chi connectivity index (χ1n) is 7.03. The fourth-order valence-electron chi connectivity index (χ4n) is 2.25. The van der Waals surface area contributed by atoms with Crippen LogP contribution in [0.3, 0.4) is 0 Å². The summed E-state index contributed by atoms with van der Waals surface area (Å²) in [4.78, 5) is 0. The van der Waals surface area contributed by atoms with Gasteiger partial charge in [-0.05, 0) is 43.0 Å². The molecule has 3 heteroatoms. The minimum atomic E-state index is 0.434. The van der Waals surface area contributed by atoms with E-state index in [0.717, 1.165) is 22.8 Å². The summed E-state index contributed by atoms with van der Waals surface area (Å²) >= 11 is 0. The first-order chi connectivity index (χ1) is 9.51. The van der Waals surface area contributed by atoms with Crippen molar-refractivity contribution in [2.75, 3.05) is 0 Å². The highest BCUT2D eigenvalue weighted by molar-refractivity contribution is 5.39. The predicted octanol–water partition coefficient (Wildman–Crippen LogP) is 4.06. The zero-order valence-corrected chi connectivity index (χ0v) is 12.7. The lowest BCUT2D eigenvalue weighted by Crippen LogP contribution is -2.00. The van der Waals surface area contributed by atoms with E-state index in [-0.39, 0.29) is 0 Å². The summed E-state index contributed by atoms with van der Waals surface area (Å²) in [5.41, 5.74) is 9.11. The maximum absolute atomic E-state index is 5.94. The molecule has 0 unspecified atom stereocenters. The average Bonchev–Trinajstić information content (AvgIpc) is 2.76. The van der Waals surface area contributed by atoms with Crippen LogP contribution < -0.4 is 10.5 Å². The van der Waals surface area contributed by atoms with E-state index in [2.05, 4.69) is 39.0 Å². The summed E-state index contributed by atoms with van der Waals surface area (Å²) < 4.78 is 11.6. The van der Waals surface area contributed by atoms with Gasteiger partial charge in [0.15, 0.2) is 0 Å². The summed E-state index contributed by atoms with van der Waals surface area (Å²) in [6.45, 7) is 9.27. The molecule has 3 nitrogen and oxygen atoms in total. The molecular weight excluding hydrogens is 250 g/mol. The fraction of sp³-hybridized carbons (Fsp3) is 0.412. The Morgan fingerprint density at radius 1 is 1.20 bits per heavy atom. The van der Waals surface area contributed by atoms with E-state index in [4.69, 9.17) is 14.9 Å². The molecule has 0 aliphatic heterocycles. The summed E-state index contributed by atoms with van der Waals surface area (Å²) in [7, 11) is 0. The lowest BCUT2D eigenvalue weighted by Gasteiger charge is -2.14. The number of aryl methyl sites for hydroxylation is 2. The lowest BCUT2D eigenvalue weighted by atomic mass is 10.0. The molecule has 0 saturated carbocycles. The molecule has 0 aliphatic carbocycles. The Kier molecular flexibility index (Phi) is 4.50. The topological polar surface area (TPSA) is 48.4 Å². The van der Waals surface area contributed by atoms with Crippen LogP contribution in [-0.2, 0) is 13.2 Å². The zero-order valence-electron chi connectivity index (χ0n) is 12.7. The van der Waals surface area contributed by atoms with Crippen LogP contribution in [0.15, 0.2) is 28.7 Å². The standard InChI is InChI=1S/C17H23NO2/c1-11(2)16-6-5-12(3)7-17(16)19-10-15-8-14(9-18)13(4)20-15/h5-8,11H,9-10,18H2,1-4H3. The van der Waals surface area contributed by atoms with Crippen LogP contribution in [0.1, 0.15) is 48.0 Å². The monoisotopic (exact) mass is 273 g/mol. The smallest absolute Gasteiger partial charge is 0.146 e. The number of rotatable bonds is 5. The highest BCUT2D eigenvalue weighted by Crippen LogP contribution is 2.28. The zero-order chi connectivity index (χ0) is 14.7. The van der Waals surface area contributed by atoms with E-state index in [0.29, 0.717) is 19.1 Å². The van der Waals surface area contributed by atoms with Crippen molar-refractivity contribution < 1.29 is 9.15 Å². The molecule has 0 aliphatic rings. The van der Waals surface area contributed by atoms with Gasteiger partial charge in [-0.2, -0.15) is 0 Å². The van der Waals surface area contributed by atoms with E-state index in [1.54, 1.807) is 0 Å². The Bertz CT molecular complexity index is 585. The maximum atomic E-state index is 5.94. The van der Waals surface area contributed by atoms with Crippen molar-refractivity contribution in [3.8, 4) is 5.75 Å². The second-order valence-corrected chi connectivity index (χ2v) is 5.48. The first-order valence-corrected chi connectivity index (χ1v) is 7.03. The van der Waals surface area contributed by atoms with Crippen LogP contribution in [0.4, 0.5) is 0 Å². The van der Waals surface area contributed by atoms with Crippen molar-refractivity contribution in [3.63, 3.8) is 0 Å². The van der Waals surface area contributed by atoms with Gasteiger partial charge >= 0.3 is 0 Å². The molecule has 2 rings (SSSR count). The Hall–Kier alpha value is -1.74. The van der Waals surface area contributed by atoms with Crippen LogP contribution >= 0.6 is 0 Å². The third-order valence-corrected chi connectivity index (χ3v) is 3.45. The van der Waals surface area contributed by atoms with Gasteiger partial charge in [0.1, 0.15) is 23.9 Å². The molecule has 1 aromatic heterocycles. The van der Waals surface area contributed by atoms with Gasteiger partial charge < -0.3 is 14.9 Å². The van der Waals surface area contributed by atoms with E-state index in [1.165, 1.54) is 11.1 Å². The van der Waals surface area contributed by atoms with Crippen LogP contribution in [0.5, 0.6) is 5.75 Å². The van der Waals surface area contributed by atoms with Crippen molar-refractivity contribution in [3.05, 3.63) is 52.5 Å². The molecule has 2 aromatic rings.